The molecule has 1 amide bonds. The van der Waals surface area contributed by atoms with Crippen LogP contribution in [0, 0.1) is 0 Å². The number of carbonyl (C=O) groups is 1. The zero-order valence-corrected chi connectivity index (χ0v) is 18.0. The first kappa shape index (κ1) is 20.3. The van der Waals surface area contributed by atoms with Crippen LogP contribution in [0.4, 0.5) is 4.79 Å². The number of hydrogen-bond donors (Lipinski definition) is 0. The van der Waals surface area contributed by atoms with Crippen LogP contribution in [-0.2, 0) is 0 Å². The summed E-state index contributed by atoms with van der Waals surface area (Å²) in [5.74, 6) is 0.505. The number of aromatic nitrogens is 2. The van der Waals surface area contributed by atoms with E-state index in [1.54, 1.807) is 29.0 Å². The zero-order chi connectivity index (χ0) is 20.4. The Kier molecular flexibility index (Phi) is 6.14. The molecule has 0 spiro atoms. The molecule has 4 rings (SSSR count). The van der Waals surface area contributed by atoms with Gasteiger partial charge in [-0.05, 0) is 43.2 Å². The van der Waals surface area contributed by atoms with Gasteiger partial charge in [-0.15, -0.1) is 0 Å². The third kappa shape index (κ3) is 4.45. The Labute approximate surface area is 185 Å². The summed E-state index contributed by atoms with van der Waals surface area (Å²) in [5.41, 5.74) is 2.23. The van der Waals surface area contributed by atoms with Gasteiger partial charge < -0.3 is 4.90 Å². The number of benzene rings is 2. The molecular formula is C22H20Cl3N3O. The number of carbonyl (C=O) groups excluding carboxylic acids is 1. The fourth-order valence-electron chi connectivity index (χ4n) is 3.56. The number of rotatable bonds is 2. The standard InChI is InChI=1S/C22H20Cl3N3O/c23-16-7-5-15(6-8-16)20-14-28(22(29)27-11-3-1-2-4-12-27)21(26-20)18-10-9-17(24)13-19(18)25/h5-10,13-14H,1-4,11-12H2. The fourth-order valence-corrected chi connectivity index (χ4v) is 4.18. The van der Waals surface area contributed by atoms with Crippen LogP contribution in [0.2, 0.25) is 15.1 Å². The van der Waals surface area contributed by atoms with Gasteiger partial charge in [0.25, 0.3) is 0 Å². The molecule has 1 aromatic heterocycles. The first-order valence-corrected chi connectivity index (χ1v) is 10.8. The van der Waals surface area contributed by atoms with E-state index in [1.807, 2.05) is 29.2 Å². The molecule has 1 fully saturated rings. The average Bonchev–Trinajstić information content (AvgIpc) is 2.95. The lowest BCUT2D eigenvalue weighted by molar-refractivity contribution is 0.202. The van der Waals surface area contributed by atoms with Crippen molar-refractivity contribution in [1.82, 2.24) is 14.5 Å². The van der Waals surface area contributed by atoms with Gasteiger partial charge in [-0.2, -0.15) is 0 Å². The van der Waals surface area contributed by atoms with E-state index in [4.69, 9.17) is 39.8 Å². The summed E-state index contributed by atoms with van der Waals surface area (Å²) < 4.78 is 1.60. The first-order chi connectivity index (χ1) is 14.0. The van der Waals surface area contributed by atoms with E-state index in [0.29, 0.717) is 32.1 Å². The molecule has 0 unspecified atom stereocenters. The highest BCUT2D eigenvalue weighted by molar-refractivity contribution is 6.36. The second-order valence-corrected chi connectivity index (χ2v) is 8.41. The number of amides is 1. The van der Waals surface area contributed by atoms with Crippen LogP contribution in [0.15, 0.2) is 48.7 Å². The zero-order valence-electron chi connectivity index (χ0n) is 15.7. The average molecular weight is 449 g/mol. The highest BCUT2D eigenvalue weighted by Crippen LogP contribution is 2.32. The SMILES string of the molecule is O=C(N1CCCCCC1)n1cc(-c2ccc(Cl)cc2)nc1-c1ccc(Cl)cc1Cl. The Morgan fingerprint density at radius 2 is 1.52 bits per heavy atom. The summed E-state index contributed by atoms with van der Waals surface area (Å²) >= 11 is 18.5. The van der Waals surface area contributed by atoms with Gasteiger partial charge in [0.15, 0.2) is 0 Å². The summed E-state index contributed by atoms with van der Waals surface area (Å²) in [7, 11) is 0. The maximum Gasteiger partial charge on any atom is 0.329 e. The Morgan fingerprint density at radius 1 is 0.862 bits per heavy atom. The molecule has 150 valence electrons. The van der Waals surface area contributed by atoms with Crippen LogP contribution in [0.5, 0.6) is 0 Å². The van der Waals surface area contributed by atoms with Crippen molar-refractivity contribution in [2.75, 3.05) is 13.1 Å². The molecule has 4 nitrogen and oxygen atoms in total. The van der Waals surface area contributed by atoms with Crippen LogP contribution in [0.1, 0.15) is 25.7 Å². The number of hydrogen-bond acceptors (Lipinski definition) is 2. The predicted octanol–water partition coefficient (Wildman–Crippen LogP) is 7.02. The van der Waals surface area contributed by atoms with Crippen LogP contribution in [0.25, 0.3) is 22.6 Å². The topological polar surface area (TPSA) is 38.1 Å². The summed E-state index contributed by atoms with van der Waals surface area (Å²) in [5, 5.41) is 1.64. The molecule has 1 aliphatic heterocycles. The Hall–Kier alpha value is -2.01. The van der Waals surface area contributed by atoms with Gasteiger partial charge >= 0.3 is 6.03 Å². The second kappa shape index (κ2) is 8.78. The summed E-state index contributed by atoms with van der Waals surface area (Å²) in [6.07, 6.45) is 6.11. The van der Waals surface area contributed by atoms with Crippen molar-refractivity contribution >= 4 is 40.8 Å². The second-order valence-electron chi connectivity index (χ2n) is 7.13. The first-order valence-electron chi connectivity index (χ1n) is 9.63. The van der Waals surface area contributed by atoms with Crippen molar-refractivity contribution < 1.29 is 4.79 Å². The van der Waals surface area contributed by atoms with E-state index in [-0.39, 0.29) is 6.03 Å². The van der Waals surface area contributed by atoms with Gasteiger partial charge in [-0.25, -0.2) is 9.78 Å². The predicted molar refractivity (Wildman–Crippen MR) is 119 cm³/mol. The third-order valence-electron chi connectivity index (χ3n) is 5.10. The molecule has 0 saturated carbocycles. The minimum absolute atomic E-state index is 0.0827. The van der Waals surface area contributed by atoms with Crippen molar-refractivity contribution in [3.63, 3.8) is 0 Å². The Balaban J connectivity index is 1.81. The normalized spacial score (nSPS) is 14.7. The molecule has 3 aromatic rings. The van der Waals surface area contributed by atoms with Gasteiger partial charge in [0.2, 0.25) is 0 Å². The molecule has 0 N–H and O–H groups in total. The van der Waals surface area contributed by atoms with Crippen LogP contribution in [-0.4, -0.2) is 33.6 Å². The molecule has 0 bridgehead atoms. The van der Waals surface area contributed by atoms with Gasteiger partial charge in [0.05, 0.1) is 10.7 Å². The van der Waals surface area contributed by atoms with Gasteiger partial charge in [-0.1, -0.05) is 59.8 Å². The minimum Gasteiger partial charge on any atom is -0.324 e. The van der Waals surface area contributed by atoms with Gasteiger partial charge in [0, 0.05) is 40.5 Å². The Bertz CT molecular complexity index is 1020. The lowest BCUT2D eigenvalue weighted by Crippen LogP contribution is -2.35. The third-order valence-corrected chi connectivity index (χ3v) is 5.90. The monoisotopic (exact) mass is 447 g/mol. The van der Waals surface area contributed by atoms with Crippen LogP contribution < -0.4 is 0 Å². The molecule has 29 heavy (non-hydrogen) atoms. The smallest absolute Gasteiger partial charge is 0.324 e. The fraction of sp³-hybridized carbons (Fsp3) is 0.273. The van der Waals surface area contributed by atoms with Crippen molar-refractivity contribution in [2.24, 2.45) is 0 Å². The van der Waals surface area contributed by atoms with Crippen molar-refractivity contribution in [3.8, 4) is 22.6 Å². The van der Waals surface area contributed by atoms with E-state index in [2.05, 4.69) is 0 Å². The highest BCUT2D eigenvalue weighted by atomic mass is 35.5. The molecule has 7 heteroatoms. The van der Waals surface area contributed by atoms with Crippen LogP contribution >= 0.6 is 34.8 Å². The Morgan fingerprint density at radius 3 is 2.17 bits per heavy atom. The van der Waals surface area contributed by atoms with Crippen LogP contribution in [0.3, 0.4) is 0 Å². The summed E-state index contributed by atoms with van der Waals surface area (Å²) in [4.78, 5) is 20.0. The molecule has 0 atom stereocenters. The summed E-state index contributed by atoms with van der Waals surface area (Å²) in [6.45, 7) is 1.50. The van der Waals surface area contributed by atoms with E-state index >= 15 is 0 Å². The number of halogens is 3. The van der Waals surface area contributed by atoms with Crippen molar-refractivity contribution in [1.29, 1.82) is 0 Å². The highest BCUT2D eigenvalue weighted by Gasteiger charge is 2.23. The van der Waals surface area contributed by atoms with Crippen molar-refractivity contribution in [3.05, 3.63) is 63.7 Å². The lowest BCUT2D eigenvalue weighted by atomic mass is 10.2. The number of imidazole rings is 1. The molecular weight excluding hydrogens is 429 g/mol. The van der Waals surface area contributed by atoms with Gasteiger partial charge in [-0.3, -0.25) is 4.57 Å². The largest absolute Gasteiger partial charge is 0.329 e. The molecule has 1 saturated heterocycles. The van der Waals surface area contributed by atoms with E-state index in [0.717, 1.165) is 44.3 Å². The molecule has 2 heterocycles. The molecule has 1 aliphatic rings. The molecule has 2 aromatic carbocycles. The maximum atomic E-state index is 13.4. The number of likely N-dealkylation sites (tertiary alicyclic amines) is 1. The molecule has 0 radical (unpaired) electrons. The quantitative estimate of drug-likeness (QED) is 0.422. The van der Waals surface area contributed by atoms with Gasteiger partial charge in [0.1, 0.15) is 5.82 Å². The van der Waals surface area contributed by atoms with E-state index in [1.165, 1.54) is 0 Å². The maximum absolute atomic E-state index is 13.4. The van der Waals surface area contributed by atoms with E-state index in [9.17, 15) is 4.79 Å². The van der Waals surface area contributed by atoms with Crippen molar-refractivity contribution in [2.45, 2.75) is 25.7 Å². The van der Waals surface area contributed by atoms with E-state index < -0.39 is 0 Å². The minimum atomic E-state index is -0.0827. The lowest BCUT2D eigenvalue weighted by Gasteiger charge is -2.21. The summed E-state index contributed by atoms with van der Waals surface area (Å²) in [6, 6.07) is 12.5. The molecule has 0 aliphatic carbocycles. The number of nitrogens with zero attached hydrogens (tertiary/aromatic N) is 3.